The van der Waals surface area contributed by atoms with Crippen LogP contribution in [0, 0.1) is 0 Å². The zero-order chi connectivity index (χ0) is 19.7. The van der Waals surface area contributed by atoms with Gasteiger partial charge in [0.2, 0.25) is 5.76 Å². The van der Waals surface area contributed by atoms with E-state index in [1.807, 2.05) is 0 Å². The first-order valence-corrected chi connectivity index (χ1v) is 8.37. The minimum atomic E-state index is -0.793. The van der Waals surface area contributed by atoms with E-state index in [-0.39, 0.29) is 23.3 Å². The smallest absolute Gasteiger partial charge is 0.375 e. The maximum atomic E-state index is 12.8. The van der Waals surface area contributed by atoms with E-state index in [1.54, 1.807) is 65.8 Å². The number of hydrogen-bond donors (Lipinski definition) is 0. The molecule has 6 nitrogen and oxygen atoms in total. The second-order valence-electron chi connectivity index (χ2n) is 8.00. The number of hydrogen-bond acceptors (Lipinski definition) is 6. The van der Waals surface area contributed by atoms with Gasteiger partial charge in [0.15, 0.2) is 5.43 Å². The molecule has 0 amide bonds. The predicted molar refractivity (Wildman–Crippen MR) is 97.2 cm³/mol. The number of carbonyl (C=O) groups is 2. The molecule has 1 heterocycles. The third kappa shape index (κ3) is 4.94. The zero-order valence-electron chi connectivity index (χ0n) is 16.0. The maximum Gasteiger partial charge on any atom is 0.375 e. The van der Waals surface area contributed by atoms with Crippen molar-refractivity contribution in [3.63, 3.8) is 0 Å². The first-order chi connectivity index (χ1) is 11.9. The Morgan fingerprint density at radius 3 is 2.12 bits per heavy atom. The lowest BCUT2D eigenvalue weighted by atomic mass is 10.1. The van der Waals surface area contributed by atoms with Gasteiger partial charge in [-0.25, -0.2) is 4.79 Å². The molecule has 1 aromatic heterocycles. The van der Waals surface area contributed by atoms with Gasteiger partial charge in [0, 0.05) is 0 Å². The minimum Gasteiger partial charge on any atom is -0.460 e. The monoisotopic (exact) mass is 360 g/mol. The molecular weight excluding hydrogens is 336 g/mol. The molecule has 0 radical (unpaired) electrons. The molecule has 0 aliphatic heterocycles. The van der Waals surface area contributed by atoms with Gasteiger partial charge in [-0.05, 0) is 53.7 Å². The summed E-state index contributed by atoms with van der Waals surface area (Å²) in [7, 11) is 0. The lowest BCUT2D eigenvalue weighted by molar-refractivity contribution is -0.153. The molecule has 6 heteroatoms. The Morgan fingerprint density at radius 2 is 1.54 bits per heavy atom. The molecule has 26 heavy (non-hydrogen) atoms. The van der Waals surface area contributed by atoms with Crippen molar-refractivity contribution in [3.05, 3.63) is 45.8 Å². The van der Waals surface area contributed by atoms with Crippen molar-refractivity contribution in [1.82, 2.24) is 0 Å². The Labute approximate surface area is 152 Å². The summed E-state index contributed by atoms with van der Waals surface area (Å²) in [5.41, 5.74) is -1.73. The highest BCUT2D eigenvalue weighted by Crippen LogP contribution is 2.20. The van der Waals surface area contributed by atoms with Crippen molar-refractivity contribution in [2.24, 2.45) is 0 Å². The minimum absolute atomic E-state index is 0.0628. The van der Waals surface area contributed by atoms with Gasteiger partial charge in [0.1, 0.15) is 16.8 Å². The number of rotatable bonds is 3. The van der Waals surface area contributed by atoms with Crippen LogP contribution in [0.25, 0.3) is 11.0 Å². The molecule has 140 valence electrons. The van der Waals surface area contributed by atoms with Gasteiger partial charge < -0.3 is 13.9 Å². The number of esters is 2. The van der Waals surface area contributed by atoms with E-state index in [4.69, 9.17) is 13.9 Å². The number of fused-ring (bicyclic) bond motifs is 1. The molecule has 0 aliphatic rings. The van der Waals surface area contributed by atoms with Crippen molar-refractivity contribution in [2.75, 3.05) is 0 Å². The van der Waals surface area contributed by atoms with Crippen LogP contribution in [0.5, 0.6) is 0 Å². The molecule has 0 fully saturated rings. The molecule has 0 atom stereocenters. The molecule has 0 spiro atoms. The van der Waals surface area contributed by atoms with Crippen molar-refractivity contribution in [2.45, 2.75) is 59.2 Å². The number of para-hydroxylation sites is 1. The molecule has 0 saturated heterocycles. The van der Waals surface area contributed by atoms with Gasteiger partial charge in [-0.2, -0.15) is 0 Å². The highest BCUT2D eigenvalue weighted by molar-refractivity contribution is 5.92. The van der Waals surface area contributed by atoms with Gasteiger partial charge in [-0.15, -0.1) is 0 Å². The van der Waals surface area contributed by atoms with Crippen LogP contribution in [0.2, 0.25) is 0 Å². The second-order valence-corrected chi connectivity index (χ2v) is 8.00. The fourth-order valence-electron chi connectivity index (χ4n) is 2.35. The third-order valence-electron chi connectivity index (χ3n) is 3.22. The average Bonchev–Trinajstić information content (AvgIpc) is 2.46. The molecule has 0 N–H and O–H groups in total. The van der Waals surface area contributed by atoms with Gasteiger partial charge in [-0.3, -0.25) is 9.59 Å². The van der Waals surface area contributed by atoms with Crippen molar-refractivity contribution >= 4 is 22.9 Å². The summed E-state index contributed by atoms with van der Waals surface area (Å²) in [5, 5.41) is 0.290. The van der Waals surface area contributed by atoms with Crippen LogP contribution in [0.4, 0.5) is 0 Å². The fourth-order valence-corrected chi connectivity index (χ4v) is 2.35. The summed E-state index contributed by atoms with van der Waals surface area (Å²) in [6.07, 6.45) is -0.376. The second kappa shape index (κ2) is 6.94. The zero-order valence-corrected chi connectivity index (χ0v) is 16.0. The summed E-state index contributed by atoms with van der Waals surface area (Å²) in [6.45, 7) is 10.3. The topological polar surface area (TPSA) is 82.8 Å². The molecule has 0 unspecified atom stereocenters. The lowest BCUT2D eigenvalue weighted by Gasteiger charge is -2.21. The van der Waals surface area contributed by atoms with Gasteiger partial charge in [0.05, 0.1) is 17.4 Å². The normalized spacial score (nSPS) is 12.1. The number of benzene rings is 1. The fraction of sp³-hybridized carbons (Fsp3) is 0.450. The van der Waals surface area contributed by atoms with Crippen LogP contribution in [0.1, 0.15) is 57.7 Å². The van der Waals surface area contributed by atoms with E-state index < -0.39 is 28.6 Å². The van der Waals surface area contributed by atoms with Crippen LogP contribution < -0.4 is 5.43 Å². The van der Waals surface area contributed by atoms with E-state index in [0.717, 1.165) is 0 Å². The Morgan fingerprint density at radius 1 is 0.962 bits per heavy atom. The van der Waals surface area contributed by atoms with E-state index in [1.165, 1.54) is 0 Å². The van der Waals surface area contributed by atoms with E-state index in [9.17, 15) is 14.4 Å². The Hall–Kier alpha value is -2.63. The van der Waals surface area contributed by atoms with Crippen LogP contribution >= 0.6 is 0 Å². The molecule has 1 aromatic carbocycles. The molecule has 2 aromatic rings. The van der Waals surface area contributed by atoms with Crippen molar-refractivity contribution in [3.8, 4) is 0 Å². The van der Waals surface area contributed by atoms with E-state index in [2.05, 4.69) is 0 Å². The van der Waals surface area contributed by atoms with Crippen LogP contribution in [0.15, 0.2) is 33.5 Å². The first kappa shape index (κ1) is 19.7. The average molecular weight is 360 g/mol. The predicted octanol–water partition coefficient (Wildman–Crippen LogP) is 3.63. The largest absolute Gasteiger partial charge is 0.460 e. The van der Waals surface area contributed by atoms with Crippen molar-refractivity contribution in [1.29, 1.82) is 0 Å². The van der Waals surface area contributed by atoms with Crippen LogP contribution in [0.3, 0.4) is 0 Å². The first-order valence-electron chi connectivity index (χ1n) is 8.37. The summed E-state index contributed by atoms with van der Waals surface area (Å²) >= 11 is 0. The highest BCUT2D eigenvalue weighted by Gasteiger charge is 2.28. The summed E-state index contributed by atoms with van der Waals surface area (Å²) in [6, 6.07) is 6.54. The molecule has 0 aliphatic carbocycles. The van der Waals surface area contributed by atoms with E-state index in [0.29, 0.717) is 5.39 Å². The Kier molecular flexibility index (Phi) is 5.26. The summed E-state index contributed by atoms with van der Waals surface area (Å²) in [4.78, 5) is 37.6. The van der Waals surface area contributed by atoms with E-state index >= 15 is 0 Å². The molecule has 0 bridgehead atoms. The molecule has 2 rings (SSSR count). The quantitative estimate of drug-likeness (QED) is 0.777. The van der Waals surface area contributed by atoms with Crippen molar-refractivity contribution < 1.29 is 23.5 Å². The molecular formula is C20H24O6. The number of carbonyl (C=O) groups excluding carboxylic acids is 2. The Bertz CT molecular complexity index is 893. The maximum absolute atomic E-state index is 12.8. The van der Waals surface area contributed by atoms with Gasteiger partial charge in [-0.1, -0.05) is 12.1 Å². The lowest BCUT2D eigenvalue weighted by Crippen LogP contribution is -2.29. The summed E-state index contributed by atoms with van der Waals surface area (Å²) in [5.74, 6) is -1.68. The van der Waals surface area contributed by atoms with Gasteiger partial charge >= 0.3 is 11.9 Å². The third-order valence-corrected chi connectivity index (χ3v) is 3.22. The molecule has 0 saturated carbocycles. The standard InChI is InChI=1S/C20H24O6/c1-19(2,3)25-15(21)11-13-16(22)12-9-7-8-10-14(12)24-17(13)18(23)26-20(4,5)6/h7-10H,11H2,1-6H3. The summed E-state index contributed by atoms with van der Waals surface area (Å²) < 4.78 is 16.2. The highest BCUT2D eigenvalue weighted by atomic mass is 16.6. The van der Waals surface area contributed by atoms with Gasteiger partial charge in [0.25, 0.3) is 0 Å². The SMILES string of the molecule is CC(C)(C)OC(=O)Cc1c(C(=O)OC(C)(C)C)oc2ccccc2c1=O. The number of ether oxygens (including phenoxy) is 2. The van der Waals surface area contributed by atoms with Crippen LogP contribution in [-0.4, -0.2) is 23.1 Å². The van der Waals surface area contributed by atoms with Crippen LogP contribution in [-0.2, 0) is 20.7 Å². The Balaban J connectivity index is 2.56.